The molecule has 137 valence electrons. The Hall–Kier alpha value is -2.08. The molecule has 1 radical (unpaired) electrons. The molecule has 0 saturated carbocycles. The van der Waals surface area contributed by atoms with Gasteiger partial charge in [-0.25, -0.2) is 8.42 Å². The van der Waals surface area contributed by atoms with E-state index in [-0.39, 0.29) is 35.3 Å². The maximum absolute atomic E-state index is 10.8. The average molecular weight is 416 g/mol. The Balaban J connectivity index is 0.000000483. The van der Waals surface area contributed by atoms with E-state index in [4.69, 9.17) is 10.5 Å². The summed E-state index contributed by atoms with van der Waals surface area (Å²) in [5.41, 5.74) is 1.19. The predicted octanol–water partition coefficient (Wildman–Crippen LogP) is 1.45. The number of benzene rings is 2. The fourth-order valence-corrected chi connectivity index (χ4v) is 2.67. The molecule has 11 heteroatoms. The van der Waals surface area contributed by atoms with E-state index in [0.717, 1.165) is 12.5 Å². The smallest absolute Gasteiger partial charge is 0.306 e. The van der Waals surface area contributed by atoms with Gasteiger partial charge in [0.2, 0.25) is 10.0 Å². The minimum absolute atomic E-state index is 0. The number of rotatable bonds is 4. The van der Waals surface area contributed by atoms with E-state index in [1.54, 1.807) is 30.3 Å². The Morgan fingerprint density at radius 1 is 0.889 bits per heavy atom. The summed E-state index contributed by atoms with van der Waals surface area (Å²) in [4.78, 5) is 0. The maximum Gasteiger partial charge on any atom is 0.306 e. The Morgan fingerprint density at radius 2 is 1.41 bits per heavy atom. The van der Waals surface area contributed by atoms with Gasteiger partial charge in [-0.05, 0) is 36.4 Å². The Labute approximate surface area is 180 Å². The van der Waals surface area contributed by atoms with Gasteiger partial charge in [-0.2, -0.15) is 18.9 Å². The Bertz CT molecular complexity index is 984. The molecule has 0 spiro atoms. The molecule has 2 rings (SSSR count). The summed E-state index contributed by atoms with van der Waals surface area (Å²) >= 11 is 0. The van der Waals surface area contributed by atoms with Crippen LogP contribution < -0.4 is 8.91 Å². The number of nitrogens with one attached hydrogen (secondary N) is 1. The molecular weight excluding hydrogens is 401 g/mol. The second kappa shape index (κ2) is 10.9. The van der Waals surface area contributed by atoms with Gasteiger partial charge in [0.05, 0.1) is 35.8 Å². The molecule has 2 aromatic carbocycles. The van der Waals surface area contributed by atoms with Crippen LogP contribution in [0, 0.1) is 22.7 Å². The van der Waals surface area contributed by atoms with Crippen molar-refractivity contribution in [2.75, 3.05) is 17.2 Å². The molecule has 0 atom stereocenters. The fourth-order valence-electron chi connectivity index (χ4n) is 1.66. The normalized spacial score (nSPS) is 10.1. The van der Waals surface area contributed by atoms with E-state index in [1.807, 2.05) is 12.1 Å². The minimum Gasteiger partial charge on any atom is -0.383 e. The number of sulfonamides is 1. The van der Waals surface area contributed by atoms with Gasteiger partial charge in [-0.3, -0.25) is 4.72 Å². The van der Waals surface area contributed by atoms with Gasteiger partial charge in [0.15, 0.2) is 0 Å². The summed E-state index contributed by atoms with van der Waals surface area (Å²) in [6.07, 6.45) is 2.01. The van der Waals surface area contributed by atoms with Crippen LogP contribution in [0.25, 0.3) is 0 Å². The van der Waals surface area contributed by atoms with Gasteiger partial charge in [-0.15, -0.1) is 0 Å². The second-order valence-electron chi connectivity index (χ2n) is 4.99. The predicted molar refractivity (Wildman–Crippen MR) is 102 cm³/mol. The number of hydrogen-bond donors (Lipinski definition) is 1. The van der Waals surface area contributed by atoms with E-state index in [9.17, 15) is 16.8 Å². The first-order chi connectivity index (χ1) is 12.0. The van der Waals surface area contributed by atoms with Gasteiger partial charge in [0.1, 0.15) is 5.75 Å². The summed E-state index contributed by atoms with van der Waals surface area (Å²) in [5.74, 6) is 0.154. The largest absolute Gasteiger partial charge is 0.383 e. The first kappa shape index (κ1) is 24.9. The SMILES string of the molecule is CS(=O)(=O)Nc1cccc(C#N)c1.CS(=O)(=O)Oc1cccc(C#N)c1.[Na]. The summed E-state index contributed by atoms with van der Waals surface area (Å²) in [5, 5.41) is 17.0. The molecule has 2 aromatic rings. The van der Waals surface area contributed by atoms with Gasteiger partial charge in [-0.1, -0.05) is 12.1 Å². The topological polar surface area (TPSA) is 137 Å². The molecule has 0 fully saturated rings. The van der Waals surface area contributed by atoms with Crippen molar-refractivity contribution in [3.63, 3.8) is 0 Å². The molecule has 0 aliphatic rings. The summed E-state index contributed by atoms with van der Waals surface area (Å²) in [6, 6.07) is 16.0. The van der Waals surface area contributed by atoms with Crippen LogP contribution in [-0.2, 0) is 20.1 Å². The van der Waals surface area contributed by atoms with Gasteiger partial charge >= 0.3 is 10.1 Å². The van der Waals surface area contributed by atoms with Crippen LogP contribution in [0.15, 0.2) is 48.5 Å². The molecule has 8 nitrogen and oxygen atoms in total. The second-order valence-corrected chi connectivity index (χ2v) is 8.32. The van der Waals surface area contributed by atoms with Crippen molar-refractivity contribution in [2.24, 2.45) is 0 Å². The van der Waals surface area contributed by atoms with E-state index in [2.05, 4.69) is 8.91 Å². The van der Waals surface area contributed by atoms with Crippen LogP contribution in [0.4, 0.5) is 5.69 Å². The van der Waals surface area contributed by atoms with Crippen molar-refractivity contribution in [1.82, 2.24) is 0 Å². The first-order valence-corrected chi connectivity index (χ1v) is 10.6. The van der Waals surface area contributed by atoms with Crippen LogP contribution in [0.1, 0.15) is 11.1 Å². The fraction of sp³-hybridized carbons (Fsp3) is 0.125. The summed E-state index contributed by atoms with van der Waals surface area (Å²) in [7, 11) is -6.77. The van der Waals surface area contributed by atoms with Crippen molar-refractivity contribution in [2.45, 2.75) is 0 Å². The zero-order chi connectivity index (χ0) is 19.8. The third-order valence-electron chi connectivity index (χ3n) is 2.51. The van der Waals surface area contributed by atoms with Crippen LogP contribution in [0.2, 0.25) is 0 Å². The van der Waals surface area contributed by atoms with Gasteiger partial charge in [0.25, 0.3) is 0 Å². The van der Waals surface area contributed by atoms with Crippen molar-refractivity contribution < 1.29 is 21.0 Å². The van der Waals surface area contributed by atoms with E-state index in [1.165, 1.54) is 18.2 Å². The molecule has 0 bridgehead atoms. The minimum atomic E-state index is -3.51. The number of nitriles is 2. The maximum atomic E-state index is 10.8. The molecular formula is C16H15N3NaO5S2. The van der Waals surface area contributed by atoms with Gasteiger partial charge in [0, 0.05) is 35.2 Å². The molecule has 0 aliphatic carbocycles. The third-order valence-corrected chi connectivity index (χ3v) is 3.61. The molecule has 0 aromatic heterocycles. The van der Waals surface area contributed by atoms with Crippen LogP contribution in [-0.4, -0.2) is 58.9 Å². The molecule has 0 saturated heterocycles. The average Bonchev–Trinajstić information content (AvgIpc) is 2.52. The van der Waals surface area contributed by atoms with Crippen LogP contribution >= 0.6 is 0 Å². The molecule has 0 heterocycles. The molecule has 1 N–H and O–H groups in total. The zero-order valence-corrected chi connectivity index (χ0v) is 18.5. The number of nitrogens with zero attached hydrogens (tertiary/aromatic N) is 2. The van der Waals surface area contributed by atoms with Crippen LogP contribution in [0.3, 0.4) is 0 Å². The van der Waals surface area contributed by atoms with E-state index < -0.39 is 20.1 Å². The standard InChI is InChI=1S/C8H8N2O2S.C8H7NO3S.Na/c1-13(11,12)10-8-4-2-3-7(5-8)6-9;1-13(10,11)12-8-4-2-3-7(5-8)6-9;/h2-5,10H,1H3;2-5H,1H3;. The molecule has 0 aliphatic heterocycles. The molecule has 0 amide bonds. The van der Waals surface area contributed by atoms with Crippen molar-refractivity contribution in [3.8, 4) is 17.9 Å². The van der Waals surface area contributed by atoms with Crippen molar-refractivity contribution in [3.05, 3.63) is 59.7 Å². The van der Waals surface area contributed by atoms with Gasteiger partial charge < -0.3 is 4.18 Å². The molecule has 0 unspecified atom stereocenters. The van der Waals surface area contributed by atoms with E-state index in [0.29, 0.717) is 16.8 Å². The van der Waals surface area contributed by atoms with E-state index >= 15 is 0 Å². The third kappa shape index (κ3) is 11.3. The van der Waals surface area contributed by atoms with Crippen LogP contribution in [0.5, 0.6) is 5.75 Å². The first-order valence-electron chi connectivity index (χ1n) is 6.90. The summed E-state index contributed by atoms with van der Waals surface area (Å²) in [6.45, 7) is 0. The number of hydrogen-bond acceptors (Lipinski definition) is 7. The van der Waals surface area contributed by atoms with Crippen molar-refractivity contribution >= 4 is 55.4 Å². The monoisotopic (exact) mass is 416 g/mol. The Morgan fingerprint density at radius 3 is 1.89 bits per heavy atom. The summed E-state index contributed by atoms with van der Waals surface area (Å²) < 4.78 is 49.8. The quantitative estimate of drug-likeness (QED) is 0.588. The molecule has 27 heavy (non-hydrogen) atoms. The van der Waals surface area contributed by atoms with Crippen molar-refractivity contribution in [1.29, 1.82) is 10.5 Å². The number of anilines is 1. The Kier molecular flexibility index (Phi) is 10.1. The zero-order valence-electron chi connectivity index (χ0n) is 14.9.